The van der Waals surface area contributed by atoms with Gasteiger partial charge in [0.05, 0.1) is 17.9 Å². The maximum atomic E-state index is 11.3. The third kappa shape index (κ3) is 5.89. The van der Waals surface area contributed by atoms with E-state index in [0.717, 1.165) is 0 Å². The van der Waals surface area contributed by atoms with E-state index in [-0.39, 0.29) is 25.8 Å². The molecule has 0 aliphatic rings. The molecule has 0 aliphatic heterocycles. The molecule has 2 aromatic rings. The molecule has 0 bridgehead atoms. The summed E-state index contributed by atoms with van der Waals surface area (Å²) in [4.78, 5) is 46.3. The first-order valence-electron chi connectivity index (χ1n) is 8.54. The Kier molecular flexibility index (Phi) is 6.85. The normalized spacial score (nSPS) is 11.2. The molecule has 2 rings (SSSR count). The molecule has 28 heavy (non-hydrogen) atoms. The molecule has 0 unspecified atom stereocenters. The Morgan fingerprint density at radius 2 is 1.54 bits per heavy atom. The van der Waals surface area contributed by atoms with Gasteiger partial charge in [0.2, 0.25) is 5.95 Å². The zero-order valence-corrected chi connectivity index (χ0v) is 16.0. The van der Waals surface area contributed by atoms with Gasteiger partial charge in [-0.2, -0.15) is 4.98 Å². The Morgan fingerprint density at radius 1 is 1.00 bits per heavy atom. The topological polar surface area (TPSA) is 149 Å². The third-order valence-electron chi connectivity index (χ3n) is 4.00. The van der Waals surface area contributed by atoms with Crippen LogP contribution in [0.4, 0.5) is 5.95 Å². The van der Waals surface area contributed by atoms with Gasteiger partial charge in [-0.15, -0.1) is 0 Å². The summed E-state index contributed by atoms with van der Waals surface area (Å²) in [5, 5.41) is 0. The van der Waals surface area contributed by atoms with Gasteiger partial charge in [-0.05, 0) is 6.42 Å². The van der Waals surface area contributed by atoms with Gasteiger partial charge in [0.15, 0.2) is 5.65 Å². The lowest BCUT2D eigenvalue weighted by atomic mass is 9.86. The molecule has 0 aliphatic carbocycles. The van der Waals surface area contributed by atoms with Crippen molar-refractivity contribution in [2.45, 2.75) is 33.7 Å². The molecule has 0 fully saturated rings. The fourth-order valence-corrected chi connectivity index (χ4v) is 2.50. The van der Waals surface area contributed by atoms with E-state index in [1.54, 1.807) is 10.9 Å². The molecule has 152 valence electrons. The number of rotatable bonds is 9. The predicted octanol–water partition coefficient (Wildman–Crippen LogP) is 0.474. The standard InChI is InChI=1S/C17H23N5O6/c1-11(23)26-7-17(8-27-12(2)24,9-28-13(3)25)4-5-22-10-20-14-6-19-16(18)21-15(14)22/h6,10H,4-5,7-9H2,1-3H3,(H2,18,19,21). The lowest BCUT2D eigenvalue weighted by molar-refractivity contribution is -0.160. The van der Waals surface area contributed by atoms with E-state index < -0.39 is 23.3 Å². The molecule has 11 heteroatoms. The van der Waals surface area contributed by atoms with Crippen LogP contribution in [0.2, 0.25) is 0 Å². The number of hydrogen-bond acceptors (Lipinski definition) is 10. The van der Waals surface area contributed by atoms with Crippen LogP contribution in [0.25, 0.3) is 11.2 Å². The molecule has 0 saturated carbocycles. The molecule has 0 radical (unpaired) electrons. The van der Waals surface area contributed by atoms with E-state index in [1.165, 1.54) is 27.0 Å². The highest BCUT2D eigenvalue weighted by Gasteiger charge is 2.35. The summed E-state index contributed by atoms with van der Waals surface area (Å²) in [6.45, 7) is 3.91. The highest BCUT2D eigenvalue weighted by Crippen LogP contribution is 2.27. The van der Waals surface area contributed by atoms with Crippen molar-refractivity contribution in [2.75, 3.05) is 25.6 Å². The molecular formula is C17H23N5O6. The number of esters is 3. The summed E-state index contributed by atoms with van der Waals surface area (Å²) in [7, 11) is 0. The van der Waals surface area contributed by atoms with E-state index in [9.17, 15) is 14.4 Å². The number of fused-ring (bicyclic) bond motifs is 1. The molecule has 2 aromatic heterocycles. The maximum absolute atomic E-state index is 11.3. The average Bonchev–Trinajstić information content (AvgIpc) is 3.02. The third-order valence-corrected chi connectivity index (χ3v) is 4.00. The quantitative estimate of drug-likeness (QED) is 0.471. The van der Waals surface area contributed by atoms with Crippen molar-refractivity contribution in [1.82, 2.24) is 19.5 Å². The van der Waals surface area contributed by atoms with Gasteiger partial charge in [0.25, 0.3) is 0 Å². The number of aryl methyl sites for hydroxylation is 1. The Balaban J connectivity index is 2.25. The SMILES string of the molecule is CC(=O)OCC(CCn1cnc2cnc(N)nc21)(COC(C)=O)COC(C)=O. The van der Waals surface area contributed by atoms with Gasteiger partial charge in [0.1, 0.15) is 25.3 Å². The van der Waals surface area contributed by atoms with E-state index in [2.05, 4.69) is 15.0 Å². The van der Waals surface area contributed by atoms with Crippen molar-refractivity contribution in [3.8, 4) is 0 Å². The van der Waals surface area contributed by atoms with Crippen LogP contribution in [0.3, 0.4) is 0 Å². The number of nitrogen functional groups attached to an aromatic ring is 1. The Bertz CT molecular complexity index is 819. The Morgan fingerprint density at radius 3 is 2.04 bits per heavy atom. The van der Waals surface area contributed by atoms with E-state index in [1.807, 2.05) is 0 Å². The van der Waals surface area contributed by atoms with Crippen LogP contribution in [-0.4, -0.2) is 57.2 Å². The number of imidazole rings is 1. The summed E-state index contributed by atoms with van der Waals surface area (Å²) in [6, 6.07) is 0. The molecule has 0 amide bonds. The molecule has 11 nitrogen and oxygen atoms in total. The van der Waals surface area contributed by atoms with Crippen molar-refractivity contribution in [2.24, 2.45) is 5.41 Å². The summed E-state index contributed by atoms with van der Waals surface area (Å²) in [6.07, 6.45) is 3.43. The van der Waals surface area contributed by atoms with Crippen LogP contribution in [-0.2, 0) is 35.1 Å². The van der Waals surface area contributed by atoms with Crippen molar-refractivity contribution < 1.29 is 28.6 Å². The van der Waals surface area contributed by atoms with Crippen molar-refractivity contribution in [3.63, 3.8) is 0 Å². The van der Waals surface area contributed by atoms with Crippen molar-refractivity contribution in [3.05, 3.63) is 12.5 Å². The molecular weight excluding hydrogens is 370 g/mol. The minimum absolute atomic E-state index is 0.0906. The largest absolute Gasteiger partial charge is 0.465 e. The number of carbonyl (C=O) groups excluding carboxylic acids is 3. The van der Waals surface area contributed by atoms with E-state index in [0.29, 0.717) is 24.1 Å². The molecule has 2 heterocycles. The fraction of sp³-hybridized carbons (Fsp3) is 0.529. The summed E-state index contributed by atoms with van der Waals surface area (Å²) in [5.41, 5.74) is 5.81. The predicted molar refractivity (Wildman–Crippen MR) is 96.7 cm³/mol. The lowest BCUT2D eigenvalue weighted by Crippen LogP contribution is -2.40. The average molecular weight is 393 g/mol. The van der Waals surface area contributed by atoms with Gasteiger partial charge < -0.3 is 24.5 Å². The first-order chi connectivity index (χ1) is 13.2. The summed E-state index contributed by atoms with van der Waals surface area (Å²) < 4.78 is 17.2. The molecule has 0 aromatic carbocycles. The zero-order valence-electron chi connectivity index (χ0n) is 16.0. The first-order valence-corrected chi connectivity index (χ1v) is 8.54. The van der Waals surface area contributed by atoms with Crippen molar-refractivity contribution in [1.29, 1.82) is 0 Å². The number of nitrogens with zero attached hydrogens (tertiary/aromatic N) is 4. The number of anilines is 1. The van der Waals surface area contributed by atoms with Gasteiger partial charge in [-0.1, -0.05) is 0 Å². The van der Waals surface area contributed by atoms with Crippen LogP contribution >= 0.6 is 0 Å². The maximum Gasteiger partial charge on any atom is 0.302 e. The van der Waals surface area contributed by atoms with Gasteiger partial charge >= 0.3 is 17.9 Å². The lowest BCUT2D eigenvalue weighted by Gasteiger charge is -2.32. The van der Waals surface area contributed by atoms with Gasteiger partial charge in [-0.3, -0.25) is 14.4 Å². The second-order valence-electron chi connectivity index (χ2n) is 6.47. The first kappa shape index (κ1) is 21.1. The van der Waals surface area contributed by atoms with Crippen LogP contribution in [0.5, 0.6) is 0 Å². The fourth-order valence-electron chi connectivity index (χ4n) is 2.50. The number of hydrogen-bond donors (Lipinski definition) is 1. The second kappa shape index (κ2) is 9.11. The number of aromatic nitrogens is 4. The van der Waals surface area contributed by atoms with E-state index in [4.69, 9.17) is 19.9 Å². The Labute approximate surface area is 161 Å². The van der Waals surface area contributed by atoms with Gasteiger partial charge in [-0.25, -0.2) is 9.97 Å². The molecule has 2 N–H and O–H groups in total. The highest BCUT2D eigenvalue weighted by atomic mass is 16.6. The summed E-state index contributed by atoms with van der Waals surface area (Å²) >= 11 is 0. The molecule has 0 saturated heterocycles. The molecule has 0 spiro atoms. The van der Waals surface area contributed by atoms with Crippen LogP contribution in [0.1, 0.15) is 27.2 Å². The molecule has 0 atom stereocenters. The Hall–Kier alpha value is -3.24. The highest BCUT2D eigenvalue weighted by molar-refractivity contribution is 5.70. The minimum Gasteiger partial charge on any atom is -0.465 e. The van der Waals surface area contributed by atoms with Crippen molar-refractivity contribution >= 4 is 35.0 Å². The second-order valence-corrected chi connectivity index (χ2v) is 6.47. The smallest absolute Gasteiger partial charge is 0.302 e. The minimum atomic E-state index is -0.932. The summed E-state index contributed by atoms with van der Waals surface area (Å²) in [5.74, 6) is -1.38. The number of ether oxygens (including phenoxy) is 3. The van der Waals surface area contributed by atoms with Crippen LogP contribution in [0, 0.1) is 5.41 Å². The van der Waals surface area contributed by atoms with E-state index >= 15 is 0 Å². The van der Waals surface area contributed by atoms with Crippen LogP contribution in [0.15, 0.2) is 12.5 Å². The monoisotopic (exact) mass is 393 g/mol. The number of nitrogens with two attached hydrogens (primary N) is 1. The zero-order chi connectivity index (χ0) is 20.7. The van der Waals surface area contributed by atoms with Gasteiger partial charge in [0, 0.05) is 27.3 Å². The number of carbonyl (C=O) groups is 3. The van der Waals surface area contributed by atoms with Crippen LogP contribution < -0.4 is 5.73 Å².